The Morgan fingerprint density at radius 2 is 2.05 bits per heavy atom. The Hall–Kier alpha value is -2.09. The number of rotatable bonds is 4. The summed E-state index contributed by atoms with van der Waals surface area (Å²) in [6.07, 6.45) is 1.10. The number of hydrogen-bond donors (Lipinski definition) is 2. The summed E-state index contributed by atoms with van der Waals surface area (Å²) >= 11 is 0. The van der Waals surface area contributed by atoms with Crippen LogP contribution in [0.1, 0.15) is 23.2 Å². The zero-order valence-electron chi connectivity index (χ0n) is 9.65. The predicted octanol–water partition coefficient (Wildman–Crippen LogP) is 1.13. The molecule has 0 radical (unpaired) electrons. The number of benzene rings is 1. The number of nitrogens with one attached hydrogen (secondary N) is 1. The van der Waals surface area contributed by atoms with E-state index in [9.17, 15) is 23.7 Å². The van der Waals surface area contributed by atoms with Crippen LogP contribution in [0.3, 0.4) is 0 Å². The first-order valence-electron chi connectivity index (χ1n) is 5.45. The first-order chi connectivity index (χ1) is 8.88. The zero-order chi connectivity index (χ0) is 14.2. The Morgan fingerprint density at radius 1 is 1.42 bits per heavy atom. The van der Waals surface area contributed by atoms with Gasteiger partial charge < -0.3 is 10.4 Å². The topological polar surface area (TPSA) is 92.5 Å². The number of amides is 1. The fourth-order valence-corrected chi connectivity index (χ4v) is 1.63. The number of aliphatic hydroxyl groups excluding tert-OH is 1. The second-order valence-electron chi connectivity index (χ2n) is 4.43. The molecule has 1 fully saturated rings. The number of nitro groups is 1. The molecule has 2 N–H and O–H groups in total. The van der Waals surface area contributed by atoms with Crippen LogP contribution in [0.4, 0.5) is 14.5 Å². The molecule has 0 aliphatic heterocycles. The van der Waals surface area contributed by atoms with Gasteiger partial charge in [0.05, 0.1) is 28.7 Å². The summed E-state index contributed by atoms with van der Waals surface area (Å²) in [6, 6.07) is 0.846. The van der Waals surface area contributed by atoms with Gasteiger partial charge in [-0.2, -0.15) is 4.39 Å². The summed E-state index contributed by atoms with van der Waals surface area (Å²) in [5.41, 5.74) is -2.43. The monoisotopic (exact) mass is 272 g/mol. The third kappa shape index (κ3) is 2.53. The summed E-state index contributed by atoms with van der Waals surface area (Å²) in [5, 5.41) is 21.8. The fraction of sp³-hybridized carbons (Fsp3) is 0.364. The highest BCUT2D eigenvalue weighted by Crippen LogP contribution is 2.35. The van der Waals surface area contributed by atoms with E-state index in [0.717, 1.165) is 0 Å². The smallest absolute Gasteiger partial charge is 0.307 e. The lowest BCUT2D eigenvalue weighted by molar-refractivity contribution is -0.387. The minimum atomic E-state index is -1.29. The average molecular weight is 272 g/mol. The van der Waals surface area contributed by atoms with Crippen molar-refractivity contribution in [1.29, 1.82) is 0 Å². The van der Waals surface area contributed by atoms with Crippen molar-refractivity contribution >= 4 is 11.6 Å². The quantitative estimate of drug-likeness (QED) is 0.634. The maximum Gasteiger partial charge on any atom is 0.307 e. The van der Waals surface area contributed by atoms with Crippen LogP contribution in [0, 0.1) is 21.7 Å². The van der Waals surface area contributed by atoms with Crippen LogP contribution >= 0.6 is 0 Å². The van der Waals surface area contributed by atoms with Crippen molar-refractivity contribution < 1.29 is 23.6 Å². The van der Waals surface area contributed by atoms with Crippen molar-refractivity contribution in [3.8, 4) is 0 Å². The summed E-state index contributed by atoms with van der Waals surface area (Å²) in [5.74, 6) is -3.37. The van der Waals surface area contributed by atoms with Gasteiger partial charge >= 0.3 is 5.69 Å². The van der Waals surface area contributed by atoms with Gasteiger partial charge in [0.2, 0.25) is 5.82 Å². The Balaban J connectivity index is 2.28. The van der Waals surface area contributed by atoms with E-state index in [0.29, 0.717) is 25.0 Å². The molecule has 0 unspecified atom stereocenters. The normalized spacial score (nSPS) is 15.9. The van der Waals surface area contributed by atoms with Crippen LogP contribution < -0.4 is 5.32 Å². The van der Waals surface area contributed by atoms with Gasteiger partial charge in [0.1, 0.15) is 5.82 Å². The van der Waals surface area contributed by atoms with Crippen LogP contribution in [0.5, 0.6) is 0 Å². The molecule has 102 valence electrons. The van der Waals surface area contributed by atoms with E-state index in [1.54, 1.807) is 0 Å². The number of carbonyl (C=O) groups is 1. The number of nitrogens with zero attached hydrogens (tertiary/aromatic N) is 1. The number of nitro benzene ring substituents is 1. The van der Waals surface area contributed by atoms with Crippen molar-refractivity contribution in [3.63, 3.8) is 0 Å². The van der Waals surface area contributed by atoms with Gasteiger partial charge in [0, 0.05) is 0 Å². The Kier molecular flexibility index (Phi) is 3.19. The highest BCUT2D eigenvalue weighted by atomic mass is 19.1. The fourth-order valence-electron chi connectivity index (χ4n) is 1.63. The second-order valence-corrected chi connectivity index (χ2v) is 4.43. The summed E-state index contributed by atoms with van der Waals surface area (Å²) < 4.78 is 26.9. The molecule has 1 aromatic rings. The molecular weight excluding hydrogens is 262 g/mol. The Labute approximate surface area is 106 Å². The number of hydrogen-bond acceptors (Lipinski definition) is 4. The molecule has 0 atom stereocenters. The lowest BCUT2D eigenvalue weighted by Crippen LogP contribution is -2.40. The van der Waals surface area contributed by atoms with Crippen molar-refractivity contribution in [2.45, 2.75) is 18.4 Å². The van der Waals surface area contributed by atoms with Crippen LogP contribution in [0.15, 0.2) is 12.1 Å². The molecule has 1 aromatic carbocycles. The summed E-state index contributed by atoms with van der Waals surface area (Å²) in [7, 11) is 0. The molecule has 0 aromatic heterocycles. The van der Waals surface area contributed by atoms with Gasteiger partial charge in [-0.25, -0.2) is 4.39 Å². The first kappa shape index (κ1) is 13.3. The van der Waals surface area contributed by atoms with Crippen LogP contribution in [-0.2, 0) is 0 Å². The molecule has 0 bridgehead atoms. The molecule has 1 amide bonds. The molecule has 8 heteroatoms. The SMILES string of the molecule is O=C(NC1(CO)CC1)c1cc(F)c([N+](=O)[O-])cc1F. The largest absolute Gasteiger partial charge is 0.394 e. The van der Waals surface area contributed by atoms with E-state index in [2.05, 4.69) is 5.32 Å². The van der Waals surface area contributed by atoms with Crippen LogP contribution in [-0.4, -0.2) is 28.1 Å². The lowest BCUT2D eigenvalue weighted by Gasteiger charge is -2.14. The van der Waals surface area contributed by atoms with Crippen molar-refractivity contribution in [2.75, 3.05) is 6.61 Å². The first-order valence-corrected chi connectivity index (χ1v) is 5.45. The average Bonchev–Trinajstić information content (AvgIpc) is 3.11. The van der Waals surface area contributed by atoms with Crippen LogP contribution in [0.25, 0.3) is 0 Å². The molecule has 1 saturated carbocycles. The maximum absolute atomic E-state index is 13.5. The molecule has 0 heterocycles. The van der Waals surface area contributed by atoms with Gasteiger partial charge in [-0.05, 0) is 18.9 Å². The van der Waals surface area contributed by atoms with Gasteiger partial charge in [-0.1, -0.05) is 0 Å². The van der Waals surface area contributed by atoms with Crippen molar-refractivity contribution in [1.82, 2.24) is 5.32 Å². The number of carbonyl (C=O) groups excluding carboxylic acids is 1. The highest BCUT2D eigenvalue weighted by molar-refractivity contribution is 5.95. The van der Waals surface area contributed by atoms with Gasteiger partial charge in [0.15, 0.2) is 0 Å². The van der Waals surface area contributed by atoms with E-state index >= 15 is 0 Å². The van der Waals surface area contributed by atoms with Gasteiger partial charge in [-0.15, -0.1) is 0 Å². The Morgan fingerprint density at radius 3 is 2.53 bits per heavy atom. The zero-order valence-corrected chi connectivity index (χ0v) is 9.65. The van der Waals surface area contributed by atoms with E-state index in [4.69, 9.17) is 5.11 Å². The van der Waals surface area contributed by atoms with Crippen molar-refractivity contribution in [2.24, 2.45) is 0 Å². The van der Waals surface area contributed by atoms with E-state index in [1.807, 2.05) is 0 Å². The van der Waals surface area contributed by atoms with E-state index in [1.165, 1.54) is 0 Å². The molecule has 1 aliphatic carbocycles. The standard InChI is InChI=1S/C11H10F2N2O4/c12-7-4-9(15(18)19)8(13)3-6(7)10(17)14-11(5-16)1-2-11/h3-4,16H,1-2,5H2,(H,14,17). The third-order valence-corrected chi connectivity index (χ3v) is 3.01. The maximum atomic E-state index is 13.5. The number of aliphatic hydroxyl groups is 1. The summed E-state index contributed by atoms with van der Waals surface area (Å²) in [6.45, 7) is -0.296. The van der Waals surface area contributed by atoms with E-state index < -0.39 is 39.3 Å². The van der Waals surface area contributed by atoms with Crippen molar-refractivity contribution in [3.05, 3.63) is 39.4 Å². The molecular formula is C11H10F2N2O4. The lowest BCUT2D eigenvalue weighted by atomic mass is 10.1. The third-order valence-electron chi connectivity index (χ3n) is 3.01. The minimum absolute atomic E-state index is 0.296. The van der Waals surface area contributed by atoms with Crippen LogP contribution in [0.2, 0.25) is 0 Å². The molecule has 2 rings (SSSR count). The number of halogens is 2. The molecule has 1 aliphatic rings. The van der Waals surface area contributed by atoms with Gasteiger partial charge in [-0.3, -0.25) is 14.9 Å². The highest BCUT2D eigenvalue weighted by Gasteiger charge is 2.44. The molecule has 19 heavy (non-hydrogen) atoms. The van der Waals surface area contributed by atoms with Gasteiger partial charge in [0.25, 0.3) is 5.91 Å². The second kappa shape index (κ2) is 4.54. The minimum Gasteiger partial charge on any atom is -0.394 e. The summed E-state index contributed by atoms with van der Waals surface area (Å²) in [4.78, 5) is 21.0. The molecule has 0 saturated heterocycles. The molecule has 6 nitrogen and oxygen atoms in total. The predicted molar refractivity (Wildman–Crippen MR) is 59.5 cm³/mol. The van der Waals surface area contributed by atoms with E-state index in [-0.39, 0.29) is 6.61 Å². The Bertz CT molecular complexity index is 558. The molecule has 0 spiro atoms.